The smallest absolute Gasteiger partial charge is 0.176 e. The summed E-state index contributed by atoms with van der Waals surface area (Å²) in [5.41, 5.74) is 2.63. The minimum Gasteiger partial charge on any atom is -0.353 e. The summed E-state index contributed by atoms with van der Waals surface area (Å²) in [6, 6.07) is 9.61. The summed E-state index contributed by atoms with van der Waals surface area (Å²) in [6.07, 6.45) is 2.01. The molecule has 22 heavy (non-hydrogen) atoms. The van der Waals surface area contributed by atoms with Gasteiger partial charge < -0.3 is 5.32 Å². The maximum atomic E-state index is 13.1. The van der Waals surface area contributed by atoms with Crippen molar-refractivity contribution in [3.8, 4) is 0 Å². The Morgan fingerprint density at radius 2 is 2.00 bits per heavy atom. The Balaban J connectivity index is 2.14. The van der Waals surface area contributed by atoms with Crippen molar-refractivity contribution in [1.29, 1.82) is 0 Å². The molecule has 0 saturated heterocycles. The van der Waals surface area contributed by atoms with Crippen LogP contribution in [-0.2, 0) is 0 Å². The third-order valence-electron chi connectivity index (χ3n) is 3.15. The lowest BCUT2D eigenvalue weighted by Gasteiger charge is -2.11. The monoisotopic (exact) mass is 354 g/mol. The Labute approximate surface area is 140 Å². The van der Waals surface area contributed by atoms with Gasteiger partial charge >= 0.3 is 0 Å². The predicted molar refractivity (Wildman–Crippen MR) is 92.9 cm³/mol. The fourth-order valence-corrected chi connectivity index (χ4v) is 3.25. The number of aromatic nitrogens is 3. The highest BCUT2D eigenvalue weighted by Gasteiger charge is 2.15. The second-order valence-electron chi connectivity index (χ2n) is 4.51. The van der Waals surface area contributed by atoms with Crippen LogP contribution < -0.4 is 5.32 Å². The lowest BCUT2D eigenvalue weighted by atomic mass is 10.3. The summed E-state index contributed by atoms with van der Waals surface area (Å²) in [4.78, 5) is 9.66. The first-order valence-electron chi connectivity index (χ1n) is 6.38. The lowest BCUT2D eigenvalue weighted by molar-refractivity contribution is 0.908. The number of para-hydroxylation sites is 1. The van der Waals surface area contributed by atoms with E-state index in [4.69, 9.17) is 11.6 Å². The van der Waals surface area contributed by atoms with E-state index in [0.717, 1.165) is 10.6 Å². The van der Waals surface area contributed by atoms with Gasteiger partial charge in [-0.15, -0.1) is 15.6 Å². The number of anilines is 2. The summed E-state index contributed by atoms with van der Waals surface area (Å²) >= 11 is 7.77. The molecular weight excluding hydrogens is 343 g/mol. The van der Waals surface area contributed by atoms with E-state index in [0.29, 0.717) is 22.7 Å². The van der Waals surface area contributed by atoms with E-state index >= 15 is 0 Å². The summed E-state index contributed by atoms with van der Waals surface area (Å²) in [5, 5.41) is 3.60. The normalized spacial score (nSPS) is 11.1. The lowest BCUT2D eigenvalue weighted by Crippen LogP contribution is -1.95. The van der Waals surface area contributed by atoms with Gasteiger partial charge in [0, 0.05) is 11.0 Å². The maximum Gasteiger partial charge on any atom is 0.176 e. The van der Waals surface area contributed by atoms with Crippen molar-refractivity contribution in [2.45, 2.75) is 11.8 Å². The van der Waals surface area contributed by atoms with Gasteiger partial charge in [0.15, 0.2) is 18.0 Å². The van der Waals surface area contributed by atoms with Crippen LogP contribution in [0.3, 0.4) is 0 Å². The van der Waals surface area contributed by atoms with Crippen molar-refractivity contribution in [2.75, 3.05) is 11.6 Å². The largest absolute Gasteiger partial charge is 0.353 e. The molecule has 0 amide bonds. The van der Waals surface area contributed by atoms with Crippen LogP contribution in [0, 0.1) is 6.92 Å². The number of thioether (sulfide) groups is 1. The quantitative estimate of drug-likeness (QED) is 0.512. The Kier molecular flexibility index (Phi) is 4.46. The highest BCUT2D eigenvalue weighted by Crippen LogP contribution is 2.33. The highest BCUT2D eigenvalue weighted by atomic mass is 35.5. The average Bonchev–Trinajstić information content (AvgIpc) is 2.83. The Hall–Kier alpha value is -1.44. The average molecular weight is 355 g/mol. The van der Waals surface area contributed by atoms with Crippen molar-refractivity contribution < 1.29 is 3.89 Å². The van der Waals surface area contributed by atoms with Gasteiger partial charge in [-0.1, -0.05) is 23.7 Å². The molecule has 1 N–H and O–H groups in total. The number of imidazole rings is 1. The SMILES string of the molecule is CSc1ccccc1Nc1cc(Cl)nc2c1nc(C)n2SF. The van der Waals surface area contributed by atoms with Gasteiger partial charge in [-0.2, -0.15) is 0 Å². The molecule has 0 unspecified atom stereocenters. The molecule has 2 heterocycles. The molecule has 2 aromatic heterocycles. The molecule has 3 rings (SSSR count). The Bertz CT molecular complexity index is 837. The minimum absolute atomic E-state index is 0.0641. The first-order valence-corrected chi connectivity index (χ1v) is 8.66. The van der Waals surface area contributed by atoms with Gasteiger partial charge in [0.2, 0.25) is 0 Å². The number of hydrogen-bond donors (Lipinski definition) is 1. The fraction of sp³-hybridized carbons (Fsp3) is 0.143. The third kappa shape index (κ3) is 2.76. The molecule has 0 fully saturated rings. The standard InChI is InChI=1S/C14H12ClFN4S2/c1-8-17-13-10(7-12(15)19-14(13)20(8)22-16)18-9-5-3-4-6-11(9)21-2/h3-7H,1-2H3,(H,18,19). The molecule has 0 radical (unpaired) electrons. The highest BCUT2D eigenvalue weighted by molar-refractivity contribution is 7.98. The number of hydrogen-bond acceptors (Lipinski definition) is 5. The van der Waals surface area contributed by atoms with Crippen molar-refractivity contribution in [2.24, 2.45) is 0 Å². The summed E-state index contributed by atoms with van der Waals surface area (Å²) < 4.78 is 14.4. The number of rotatable bonds is 4. The topological polar surface area (TPSA) is 42.7 Å². The molecular formula is C14H12ClFN4S2. The van der Waals surface area contributed by atoms with Crippen LogP contribution in [0.25, 0.3) is 11.2 Å². The molecule has 1 aromatic carbocycles. The number of nitrogens with zero attached hydrogens (tertiary/aromatic N) is 3. The summed E-state index contributed by atoms with van der Waals surface area (Å²) in [7, 11) is 0. The van der Waals surface area contributed by atoms with Crippen LogP contribution in [0.5, 0.6) is 0 Å². The predicted octanol–water partition coefficient (Wildman–Crippen LogP) is 5.24. The number of fused-ring (bicyclic) bond motifs is 1. The van der Waals surface area contributed by atoms with Crippen molar-refractivity contribution in [1.82, 2.24) is 13.9 Å². The number of benzene rings is 1. The molecule has 0 saturated carbocycles. The third-order valence-corrected chi connectivity index (χ3v) is 4.71. The molecule has 3 aromatic rings. The van der Waals surface area contributed by atoms with Gasteiger partial charge in [-0.05, 0) is 25.3 Å². The number of halogens is 2. The van der Waals surface area contributed by atoms with E-state index in [2.05, 4.69) is 15.3 Å². The van der Waals surface area contributed by atoms with E-state index in [9.17, 15) is 3.89 Å². The number of pyridine rings is 1. The molecule has 0 aliphatic carbocycles. The minimum atomic E-state index is 0.0641. The van der Waals surface area contributed by atoms with Gasteiger partial charge in [0.1, 0.15) is 16.5 Å². The first kappa shape index (κ1) is 15.5. The van der Waals surface area contributed by atoms with Crippen molar-refractivity contribution in [3.63, 3.8) is 0 Å². The van der Waals surface area contributed by atoms with Crippen LogP contribution in [0.15, 0.2) is 35.2 Å². The zero-order valence-corrected chi connectivity index (χ0v) is 14.2. The molecule has 4 nitrogen and oxygen atoms in total. The van der Waals surface area contributed by atoms with E-state index in [1.807, 2.05) is 30.5 Å². The molecule has 114 valence electrons. The van der Waals surface area contributed by atoms with Crippen LogP contribution in [0.2, 0.25) is 5.15 Å². The fourth-order valence-electron chi connectivity index (χ4n) is 2.18. The Morgan fingerprint density at radius 1 is 1.23 bits per heavy atom. The van der Waals surface area contributed by atoms with E-state index in [-0.39, 0.29) is 17.5 Å². The second kappa shape index (κ2) is 6.36. The zero-order valence-electron chi connectivity index (χ0n) is 11.8. The molecule has 0 bridgehead atoms. The molecule has 0 atom stereocenters. The van der Waals surface area contributed by atoms with E-state index < -0.39 is 0 Å². The molecule has 0 aliphatic rings. The first-order chi connectivity index (χ1) is 10.6. The van der Waals surface area contributed by atoms with Crippen molar-refractivity contribution in [3.05, 3.63) is 41.3 Å². The maximum absolute atomic E-state index is 13.1. The van der Waals surface area contributed by atoms with Crippen LogP contribution in [0.4, 0.5) is 15.3 Å². The van der Waals surface area contributed by atoms with Gasteiger partial charge in [-0.3, -0.25) is 0 Å². The van der Waals surface area contributed by atoms with Gasteiger partial charge in [0.05, 0.1) is 11.4 Å². The molecule has 0 aliphatic heterocycles. The number of nitrogens with one attached hydrogen (secondary N) is 1. The van der Waals surface area contributed by atoms with Crippen LogP contribution >= 0.6 is 35.7 Å². The van der Waals surface area contributed by atoms with E-state index in [1.54, 1.807) is 24.8 Å². The second-order valence-corrected chi connectivity index (χ2v) is 6.25. The number of aryl methyl sites for hydroxylation is 1. The molecule has 8 heteroatoms. The Morgan fingerprint density at radius 3 is 2.73 bits per heavy atom. The van der Waals surface area contributed by atoms with Crippen LogP contribution in [0.1, 0.15) is 5.82 Å². The summed E-state index contributed by atoms with van der Waals surface area (Å²) in [6.45, 7) is 1.72. The zero-order chi connectivity index (χ0) is 15.7. The summed E-state index contributed by atoms with van der Waals surface area (Å²) in [5.74, 6) is 0.526. The van der Waals surface area contributed by atoms with E-state index in [1.165, 1.54) is 3.97 Å². The van der Waals surface area contributed by atoms with Gasteiger partial charge in [0.25, 0.3) is 0 Å². The van der Waals surface area contributed by atoms with Gasteiger partial charge in [-0.25, -0.2) is 13.9 Å². The molecule has 0 spiro atoms. The van der Waals surface area contributed by atoms with Crippen molar-refractivity contribution >= 4 is 58.2 Å². The van der Waals surface area contributed by atoms with Crippen LogP contribution in [-0.4, -0.2) is 20.2 Å².